The van der Waals surface area contributed by atoms with Gasteiger partial charge < -0.3 is 0 Å². The molecule has 1 fully saturated rings. The van der Waals surface area contributed by atoms with Crippen LogP contribution < -0.4 is 4.90 Å². The number of rotatable bonds is 5. The van der Waals surface area contributed by atoms with Crippen molar-refractivity contribution >= 4 is 29.0 Å². The molecule has 2 bridgehead atoms. The van der Waals surface area contributed by atoms with E-state index in [1.165, 1.54) is 11.8 Å². The topological polar surface area (TPSA) is 59.0 Å². The standard InChI is InChI=1S/C26H28N4OS/c1-17(23(31)30(18-11-7-5-8-12-18)19-13-9-6-10-14-19)32-24-27-22-21(28-29-24)20-15-16-26(22,4)25(20,2)3/h5-14,17,20H,15-16H2,1-4H3/t17-,20+,26+/m0/s1. The molecule has 2 aliphatic rings. The number of nitrogens with zero attached hydrogens (tertiary/aromatic N) is 4. The second-order valence-electron chi connectivity index (χ2n) is 9.58. The summed E-state index contributed by atoms with van der Waals surface area (Å²) in [5.74, 6) is 0.414. The van der Waals surface area contributed by atoms with Gasteiger partial charge in [0.2, 0.25) is 11.1 Å². The van der Waals surface area contributed by atoms with Crippen molar-refractivity contribution in [2.75, 3.05) is 4.90 Å². The van der Waals surface area contributed by atoms with Crippen molar-refractivity contribution in [3.63, 3.8) is 0 Å². The van der Waals surface area contributed by atoms with Crippen LogP contribution in [0.5, 0.6) is 0 Å². The van der Waals surface area contributed by atoms with Crippen molar-refractivity contribution in [3.05, 3.63) is 72.1 Å². The van der Waals surface area contributed by atoms with E-state index in [9.17, 15) is 4.79 Å². The highest BCUT2D eigenvalue weighted by Gasteiger charge is 2.61. The van der Waals surface area contributed by atoms with E-state index in [2.05, 4.69) is 31.0 Å². The van der Waals surface area contributed by atoms with E-state index in [-0.39, 0.29) is 22.0 Å². The van der Waals surface area contributed by atoms with Crippen molar-refractivity contribution in [2.24, 2.45) is 5.41 Å². The lowest BCUT2D eigenvalue weighted by Crippen LogP contribution is -2.33. The molecule has 1 saturated carbocycles. The SMILES string of the molecule is C[C@H](Sc1nnc2c(n1)[C@@]1(C)CC[C@H]2C1(C)C)C(=O)N(c1ccccc1)c1ccccc1. The fourth-order valence-corrected chi connectivity index (χ4v) is 6.12. The van der Waals surface area contributed by atoms with Crippen molar-refractivity contribution in [3.8, 4) is 0 Å². The quantitative estimate of drug-likeness (QED) is 0.459. The smallest absolute Gasteiger partial charge is 0.244 e. The maximum absolute atomic E-state index is 13.6. The Morgan fingerprint density at radius 2 is 1.59 bits per heavy atom. The molecule has 1 aromatic heterocycles. The van der Waals surface area contributed by atoms with Gasteiger partial charge >= 0.3 is 0 Å². The Kier molecular flexibility index (Phi) is 5.08. The zero-order valence-corrected chi connectivity index (χ0v) is 19.8. The van der Waals surface area contributed by atoms with Gasteiger partial charge in [0, 0.05) is 22.7 Å². The van der Waals surface area contributed by atoms with Crippen molar-refractivity contribution in [1.82, 2.24) is 15.2 Å². The number of aromatic nitrogens is 3. The van der Waals surface area contributed by atoms with Crippen LogP contribution in [0.1, 0.15) is 57.8 Å². The first kappa shape index (κ1) is 21.1. The van der Waals surface area contributed by atoms with Gasteiger partial charge in [0.05, 0.1) is 16.6 Å². The van der Waals surface area contributed by atoms with E-state index in [0.29, 0.717) is 11.1 Å². The zero-order chi connectivity index (χ0) is 22.5. The molecule has 0 N–H and O–H groups in total. The number of hydrogen-bond donors (Lipinski definition) is 0. The maximum Gasteiger partial charge on any atom is 0.244 e. The van der Waals surface area contributed by atoms with Gasteiger partial charge in [0.1, 0.15) is 0 Å². The van der Waals surface area contributed by atoms with E-state index < -0.39 is 0 Å². The van der Waals surface area contributed by atoms with Crippen LogP contribution in [0.2, 0.25) is 0 Å². The molecule has 2 aliphatic carbocycles. The molecule has 5 nitrogen and oxygen atoms in total. The Balaban J connectivity index is 1.43. The van der Waals surface area contributed by atoms with Gasteiger partial charge in [-0.25, -0.2) is 4.98 Å². The van der Waals surface area contributed by atoms with Crippen molar-refractivity contribution < 1.29 is 4.79 Å². The van der Waals surface area contributed by atoms with Gasteiger partial charge in [-0.15, -0.1) is 5.10 Å². The molecule has 0 aliphatic heterocycles. The molecule has 0 unspecified atom stereocenters. The average molecular weight is 445 g/mol. The van der Waals surface area contributed by atoms with Gasteiger partial charge in [-0.1, -0.05) is 68.9 Å². The number of carbonyl (C=O) groups excluding carboxylic acids is 1. The monoisotopic (exact) mass is 444 g/mol. The van der Waals surface area contributed by atoms with Gasteiger partial charge in [-0.3, -0.25) is 9.69 Å². The van der Waals surface area contributed by atoms with Crippen LogP contribution in [0.4, 0.5) is 11.4 Å². The number of carbonyl (C=O) groups is 1. The average Bonchev–Trinajstić information content (AvgIpc) is 3.13. The number of thioether (sulfide) groups is 1. The molecule has 5 rings (SSSR count). The summed E-state index contributed by atoms with van der Waals surface area (Å²) in [6, 6.07) is 19.5. The number of benzene rings is 2. The molecule has 32 heavy (non-hydrogen) atoms. The van der Waals surface area contributed by atoms with Crippen LogP contribution in [0.15, 0.2) is 65.8 Å². The fraction of sp³-hybridized carbons (Fsp3) is 0.385. The summed E-state index contributed by atoms with van der Waals surface area (Å²) in [6.07, 6.45) is 2.28. The first-order chi connectivity index (χ1) is 15.3. The number of amides is 1. The summed E-state index contributed by atoms with van der Waals surface area (Å²) in [5, 5.41) is 9.24. The normalized spacial score (nSPS) is 23.6. The van der Waals surface area contributed by atoms with Gasteiger partial charge in [-0.05, 0) is 49.4 Å². The van der Waals surface area contributed by atoms with E-state index >= 15 is 0 Å². The predicted molar refractivity (Wildman–Crippen MR) is 128 cm³/mol. The minimum absolute atomic E-state index is 0.00967. The molecular formula is C26H28N4OS. The van der Waals surface area contributed by atoms with E-state index in [1.807, 2.05) is 67.6 Å². The molecule has 1 heterocycles. The highest BCUT2D eigenvalue weighted by molar-refractivity contribution is 8.00. The molecule has 2 aromatic carbocycles. The predicted octanol–water partition coefficient (Wildman–Crippen LogP) is 5.89. The van der Waals surface area contributed by atoms with Gasteiger partial charge in [0.25, 0.3) is 0 Å². The minimum atomic E-state index is -0.366. The second kappa shape index (κ2) is 7.69. The Morgan fingerprint density at radius 3 is 2.19 bits per heavy atom. The number of hydrogen-bond acceptors (Lipinski definition) is 5. The third-order valence-corrected chi connectivity index (χ3v) is 8.59. The van der Waals surface area contributed by atoms with Crippen LogP contribution in [0.25, 0.3) is 0 Å². The zero-order valence-electron chi connectivity index (χ0n) is 18.9. The fourth-order valence-electron chi connectivity index (χ4n) is 5.36. The Labute approximate surface area is 193 Å². The van der Waals surface area contributed by atoms with Crippen LogP contribution in [-0.4, -0.2) is 26.3 Å². The number of fused-ring (bicyclic) bond motifs is 5. The third kappa shape index (κ3) is 3.15. The number of para-hydroxylation sites is 2. The van der Waals surface area contributed by atoms with E-state index in [4.69, 9.17) is 4.98 Å². The highest BCUT2D eigenvalue weighted by Crippen LogP contribution is 2.66. The van der Waals surface area contributed by atoms with Crippen molar-refractivity contribution in [1.29, 1.82) is 0 Å². The molecule has 1 amide bonds. The van der Waals surface area contributed by atoms with Crippen LogP contribution >= 0.6 is 11.8 Å². The molecule has 3 aromatic rings. The van der Waals surface area contributed by atoms with Gasteiger partial charge in [-0.2, -0.15) is 5.10 Å². The maximum atomic E-state index is 13.6. The summed E-state index contributed by atoms with van der Waals surface area (Å²) >= 11 is 1.39. The molecule has 6 heteroatoms. The first-order valence-electron chi connectivity index (χ1n) is 11.2. The Morgan fingerprint density at radius 1 is 1.00 bits per heavy atom. The minimum Gasteiger partial charge on any atom is -0.280 e. The largest absolute Gasteiger partial charge is 0.280 e. The van der Waals surface area contributed by atoms with E-state index in [0.717, 1.165) is 35.6 Å². The summed E-state index contributed by atoms with van der Waals surface area (Å²) in [5.41, 5.74) is 3.98. The number of anilines is 2. The van der Waals surface area contributed by atoms with Crippen LogP contribution in [-0.2, 0) is 10.2 Å². The first-order valence-corrected chi connectivity index (χ1v) is 12.1. The highest BCUT2D eigenvalue weighted by atomic mass is 32.2. The second-order valence-corrected chi connectivity index (χ2v) is 10.9. The Bertz CT molecular complexity index is 1110. The summed E-state index contributed by atoms with van der Waals surface area (Å²) in [4.78, 5) is 20.3. The molecule has 0 spiro atoms. The van der Waals surface area contributed by atoms with Crippen LogP contribution in [0.3, 0.4) is 0 Å². The summed E-state index contributed by atoms with van der Waals surface area (Å²) in [7, 11) is 0. The van der Waals surface area contributed by atoms with Gasteiger partial charge in [0.15, 0.2) is 0 Å². The van der Waals surface area contributed by atoms with Crippen LogP contribution in [0, 0.1) is 5.41 Å². The Hall–Kier alpha value is -2.73. The molecule has 0 saturated heterocycles. The molecule has 164 valence electrons. The lowest BCUT2D eigenvalue weighted by molar-refractivity contribution is -0.117. The lowest BCUT2D eigenvalue weighted by atomic mass is 9.70. The third-order valence-electron chi connectivity index (χ3n) is 7.65. The molecule has 3 atom stereocenters. The molecule has 0 radical (unpaired) electrons. The lowest BCUT2D eigenvalue weighted by Gasteiger charge is -2.34. The summed E-state index contributed by atoms with van der Waals surface area (Å²) < 4.78 is 0. The van der Waals surface area contributed by atoms with Crippen molar-refractivity contribution in [2.45, 2.75) is 62.3 Å². The summed E-state index contributed by atoms with van der Waals surface area (Å²) in [6.45, 7) is 8.87. The van der Waals surface area contributed by atoms with E-state index in [1.54, 1.807) is 4.90 Å². The molecular weight excluding hydrogens is 416 g/mol.